The van der Waals surface area contributed by atoms with E-state index < -0.39 is 0 Å². The Labute approximate surface area is 122 Å². The fourth-order valence-corrected chi connectivity index (χ4v) is 2.34. The van der Waals surface area contributed by atoms with Gasteiger partial charge in [0.2, 0.25) is 0 Å². The van der Waals surface area contributed by atoms with Crippen molar-refractivity contribution in [2.24, 2.45) is 5.92 Å². The molecule has 0 bridgehead atoms. The molecule has 100 valence electrons. The number of benzene rings is 1. The van der Waals surface area contributed by atoms with Gasteiger partial charge in [-0.25, -0.2) is 0 Å². The Morgan fingerprint density at radius 3 is 2.83 bits per heavy atom. The van der Waals surface area contributed by atoms with Crippen LogP contribution in [-0.4, -0.2) is 18.3 Å². The van der Waals surface area contributed by atoms with E-state index in [0.717, 1.165) is 28.4 Å². The SMILES string of the molecule is Cc1cc(Br)ccc1C(=O)NCCCC(C)CCl. The maximum atomic E-state index is 11.9. The normalized spacial score (nSPS) is 12.2. The van der Waals surface area contributed by atoms with E-state index in [-0.39, 0.29) is 5.91 Å². The summed E-state index contributed by atoms with van der Waals surface area (Å²) in [6, 6.07) is 5.68. The van der Waals surface area contributed by atoms with Crippen LogP contribution in [0.3, 0.4) is 0 Å². The summed E-state index contributed by atoms with van der Waals surface area (Å²) in [6.07, 6.45) is 2.01. The van der Waals surface area contributed by atoms with Gasteiger partial charge in [-0.2, -0.15) is 0 Å². The molecule has 0 saturated heterocycles. The van der Waals surface area contributed by atoms with Gasteiger partial charge in [0.05, 0.1) is 0 Å². The summed E-state index contributed by atoms with van der Waals surface area (Å²) >= 11 is 9.12. The van der Waals surface area contributed by atoms with Gasteiger partial charge in [0.1, 0.15) is 0 Å². The molecule has 1 N–H and O–H groups in total. The van der Waals surface area contributed by atoms with Crippen LogP contribution < -0.4 is 5.32 Å². The summed E-state index contributed by atoms with van der Waals surface area (Å²) in [5.74, 6) is 1.19. The van der Waals surface area contributed by atoms with E-state index in [9.17, 15) is 4.79 Å². The second-order valence-electron chi connectivity index (χ2n) is 4.62. The molecule has 1 unspecified atom stereocenters. The molecule has 0 heterocycles. The summed E-state index contributed by atoms with van der Waals surface area (Å²) in [4.78, 5) is 11.9. The number of carbonyl (C=O) groups is 1. The maximum absolute atomic E-state index is 11.9. The van der Waals surface area contributed by atoms with Gasteiger partial charge in [0, 0.05) is 22.5 Å². The van der Waals surface area contributed by atoms with Crippen molar-refractivity contribution in [1.29, 1.82) is 0 Å². The first kappa shape index (κ1) is 15.5. The highest BCUT2D eigenvalue weighted by molar-refractivity contribution is 9.10. The van der Waals surface area contributed by atoms with Gasteiger partial charge in [-0.05, 0) is 49.4 Å². The summed E-state index contributed by atoms with van der Waals surface area (Å²) in [5.41, 5.74) is 1.72. The lowest BCUT2D eigenvalue weighted by Crippen LogP contribution is -2.25. The number of nitrogens with one attached hydrogen (secondary N) is 1. The van der Waals surface area contributed by atoms with Gasteiger partial charge >= 0.3 is 0 Å². The van der Waals surface area contributed by atoms with Crippen molar-refractivity contribution in [3.8, 4) is 0 Å². The number of aryl methyl sites for hydroxylation is 1. The fourth-order valence-electron chi connectivity index (χ4n) is 1.71. The molecule has 0 fully saturated rings. The summed E-state index contributed by atoms with van der Waals surface area (Å²) in [7, 11) is 0. The maximum Gasteiger partial charge on any atom is 0.251 e. The minimum absolute atomic E-state index is 0.00136. The van der Waals surface area contributed by atoms with Crippen LogP contribution in [0.1, 0.15) is 35.7 Å². The van der Waals surface area contributed by atoms with Crippen molar-refractivity contribution in [2.75, 3.05) is 12.4 Å². The molecule has 18 heavy (non-hydrogen) atoms. The van der Waals surface area contributed by atoms with Crippen molar-refractivity contribution in [3.05, 3.63) is 33.8 Å². The van der Waals surface area contributed by atoms with Crippen LogP contribution in [0.5, 0.6) is 0 Å². The third-order valence-electron chi connectivity index (χ3n) is 2.86. The zero-order chi connectivity index (χ0) is 13.5. The molecule has 0 aliphatic heterocycles. The van der Waals surface area contributed by atoms with E-state index in [1.165, 1.54) is 0 Å². The molecule has 2 nitrogen and oxygen atoms in total. The van der Waals surface area contributed by atoms with Crippen LogP contribution in [0, 0.1) is 12.8 Å². The van der Waals surface area contributed by atoms with E-state index in [0.29, 0.717) is 18.3 Å². The predicted octanol–water partition coefficient (Wildman–Crippen LogP) is 4.14. The Morgan fingerprint density at radius 1 is 1.50 bits per heavy atom. The molecule has 0 saturated carbocycles. The first-order chi connectivity index (χ1) is 8.54. The second-order valence-corrected chi connectivity index (χ2v) is 5.84. The summed E-state index contributed by atoms with van der Waals surface area (Å²) in [5, 5.41) is 2.94. The molecule has 0 spiro atoms. The number of amides is 1. The lowest BCUT2D eigenvalue weighted by atomic mass is 10.1. The van der Waals surface area contributed by atoms with E-state index in [1.807, 2.05) is 25.1 Å². The zero-order valence-electron chi connectivity index (χ0n) is 10.8. The molecule has 1 amide bonds. The van der Waals surface area contributed by atoms with Crippen LogP contribution in [0.4, 0.5) is 0 Å². The molecule has 1 aromatic carbocycles. The van der Waals surface area contributed by atoms with Gasteiger partial charge in [0.25, 0.3) is 5.91 Å². The molecule has 1 aromatic rings. The first-order valence-electron chi connectivity index (χ1n) is 6.15. The van der Waals surface area contributed by atoms with Crippen molar-refractivity contribution in [1.82, 2.24) is 5.32 Å². The highest BCUT2D eigenvalue weighted by Crippen LogP contribution is 2.15. The molecule has 0 aliphatic rings. The minimum atomic E-state index is -0.00136. The number of hydrogen-bond donors (Lipinski definition) is 1. The largest absolute Gasteiger partial charge is 0.352 e. The quantitative estimate of drug-likeness (QED) is 0.615. The Bertz CT molecular complexity index is 409. The number of carbonyl (C=O) groups excluding carboxylic acids is 1. The van der Waals surface area contributed by atoms with Gasteiger partial charge in [-0.15, -0.1) is 11.6 Å². The van der Waals surface area contributed by atoms with Crippen LogP contribution >= 0.6 is 27.5 Å². The first-order valence-corrected chi connectivity index (χ1v) is 7.47. The van der Waals surface area contributed by atoms with Gasteiger partial charge in [-0.3, -0.25) is 4.79 Å². The fraction of sp³-hybridized carbons (Fsp3) is 0.500. The lowest BCUT2D eigenvalue weighted by molar-refractivity contribution is 0.0952. The van der Waals surface area contributed by atoms with E-state index >= 15 is 0 Å². The van der Waals surface area contributed by atoms with Gasteiger partial charge in [0.15, 0.2) is 0 Å². The van der Waals surface area contributed by atoms with E-state index in [2.05, 4.69) is 28.2 Å². The van der Waals surface area contributed by atoms with E-state index in [4.69, 9.17) is 11.6 Å². The number of rotatable bonds is 6. The van der Waals surface area contributed by atoms with Crippen LogP contribution in [0.15, 0.2) is 22.7 Å². The minimum Gasteiger partial charge on any atom is -0.352 e. The van der Waals surface area contributed by atoms with Gasteiger partial charge < -0.3 is 5.32 Å². The smallest absolute Gasteiger partial charge is 0.251 e. The van der Waals surface area contributed by atoms with E-state index in [1.54, 1.807) is 0 Å². The Balaban J connectivity index is 2.41. The highest BCUT2D eigenvalue weighted by atomic mass is 79.9. The molecular weight excluding hydrogens is 314 g/mol. The van der Waals surface area contributed by atoms with Crippen molar-refractivity contribution >= 4 is 33.4 Å². The summed E-state index contributed by atoms with van der Waals surface area (Å²) < 4.78 is 0.993. The molecule has 1 rings (SSSR count). The second kappa shape index (κ2) is 7.80. The number of halogens is 2. The lowest BCUT2D eigenvalue weighted by Gasteiger charge is -2.09. The third kappa shape index (κ3) is 4.99. The van der Waals surface area contributed by atoms with Crippen LogP contribution in [0.25, 0.3) is 0 Å². The molecule has 0 aliphatic carbocycles. The monoisotopic (exact) mass is 331 g/mol. The molecular formula is C14H19BrClNO. The Kier molecular flexibility index (Phi) is 6.72. The number of alkyl halides is 1. The number of hydrogen-bond acceptors (Lipinski definition) is 1. The average molecular weight is 333 g/mol. The van der Waals surface area contributed by atoms with Crippen molar-refractivity contribution < 1.29 is 4.79 Å². The average Bonchev–Trinajstić information content (AvgIpc) is 2.34. The molecule has 4 heteroatoms. The Hall–Kier alpha value is -0.540. The van der Waals surface area contributed by atoms with Crippen LogP contribution in [-0.2, 0) is 0 Å². The van der Waals surface area contributed by atoms with Crippen molar-refractivity contribution in [2.45, 2.75) is 26.7 Å². The van der Waals surface area contributed by atoms with Crippen molar-refractivity contribution in [3.63, 3.8) is 0 Å². The third-order valence-corrected chi connectivity index (χ3v) is 3.88. The summed E-state index contributed by atoms with van der Waals surface area (Å²) in [6.45, 7) is 4.76. The standard InChI is InChI=1S/C14H19BrClNO/c1-10(9-16)4-3-7-17-14(18)13-6-5-12(15)8-11(13)2/h5-6,8,10H,3-4,7,9H2,1-2H3,(H,17,18). The highest BCUT2D eigenvalue weighted by Gasteiger charge is 2.08. The molecule has 0 radical (unpaired) electrons. The van der Waals surface area contributed by atoms with Gasteiger partial charge in [-0.1, -0.05) is 22.9 Å². The topological polar surface area (TPSA) is 29.1 Å². The predicted molar refractivity (Wildman–Crippen MR) is 80.3 cm³/mol. The molecule has 0 aromatic heterocycles. The Morgan fingerprint density at radius 2 is 2.22 bits per heavy atom. The van der Waals surface area contributed by atoms with Crippen LogP contribution in [0.2, 0.25) is 0 Å². The molecule has 1 atom stereocenters. The zero-order valence-corrected chi connectivity index (χ0v) is 13.1.